The van der Waals surface area contributed by atoms with Gasteiger partial charge in [-0.1, -0.05) is 12.1 Å². The summed E-state index contributed by atoms with van der Waals surface area (Å²) in [6.45, 7) is 2.15. The molecule has 1 aliphatic heterocycles. The van der Waals surface area contributed by atoms with Gasteiger partial charge in [-0.05, 0) is 43.5 Å². The standard InChI is InChI=1S/C17H16FNO2S/c1-11(20)13-9-16(22-10-13)17(21)19-7-3-6-15(19)12-4-2-5-14(18)8-12/h2,4-5,8-10,15H,3,6-7H2,1H3. The molecule has 2 heterocycles. The van der Waals surface area contributed by atoms with Crippen molar-refractivity contribution in [3.63, 3.8) is 0 Å². The predicted octanol–water partition coefficient (Wildman–Crippen LogP) is 4.07. The highest BCUT2D eigenvalue weighted by Gasteiger charge is 2.31. The summed E-state index contributed by atoms with van der Waals surface area (Å²) in [5, 5.41) is 1.71. The highest BCUT2D eigenvalue weighted by Crippen LogP contribution is 2.34. The van der Waals surface area contributed by atoms with Gasteiger partial charge in [-0.3, -0.25) is 9.59 Å². The Morgan fingerprint density at radius 3 is 2.82 bits per heavy atom. The van der Waals surface area contributed by atoms with Crippen LogP contribution in [0.25, 0.3) is 0 Å². The fourth-order valence-electron chi connectivity index (χ4n) is 2.84. The molecule has 0 radical (unpaired) electrons. The number of hydrogen-bond acceptors (Lipinski definition) is 3. The van der Waals surface area contributed by atoms with Gasteiger partial charge in [0.2, 0.25) is 0 Å². The number of thiophene rings is 1. The van der Waals surface area contributed by atoms with Crippen LogP contribution in [0.1, 0.15) is 51.4 Å². The van der Waals surface area contributed by atoms with Gasteiger partial charge < -0.3 is 4.90 Å². The Balaban J connectivity index is 1.86. The normalized spacial score (nSPS) is 17.7. The Bertz CT molecular complexity index is 725. The van der Waals surface area contributed by atoms with Crippen molar-refractivity contribution in [3.8, 4) is 0 Å². The number of benzene rings is 1. The molecule has 3 nitrogen and oxygen atoms in total. The first-order chi connectivity index (χ1) is 10.6. The maximum absolute atomic E-state index is 13.4. The zero-order chi connectivity index (χ0) is 15.7. The van der Waals surface area contributed by atoms with Gasteiger partial charge in [-0.2, -0.15) is 0 Å². The molecule has 3 rings (SSSR count). The number of ketones is 1. The van der Waals surface area contributed by atoms with E-state index in [9.17, 15) is 14.0 Å². The lowest BCUT2D eigenvalue weighted by atomic mass is 10.0. The summed E-state index contributed by atoms with van der Waals surface area (Å²) < 4.78 is 13.4. The van der Waals surface area contributed by atoms with E-state index in [1.165, 1.54) is 30.4 Å². The van der Waals surface area contributed by atoms with Crippen LogP contribution in [0.3, 0.4) is 0 Å². The lowest BCUT2D eigenvalue weighted by Crippen LogP contribution is -2.30. The van der Waals surface area contributed by atoms with E-state index in [2.05, 4.69) is 0 Å². The largest absolute Gasteiger partial charge is 0.331 e. The molecule has 0 aliphatic carbocycles. The van der Waals surface area contributed by atoms with Gasteiger partial charge in [0.1, 0.15) is 5.82 Å². The smallest absolute Gasteiger partial charge is 0.264 e. The summed E-state index contributed by atoms with van der Waals surface area (Å²) >= 11 is 1.29. The number of nitrogens with zero attached hydrogens (tertiary/aromatic N) is 1. The lowest BCUT2D eigenvalue weighted by Gasteiger charge is -2.24. The Labute approximate surface area is 132 Å². The van der Waals surface area contributed by atoms with Crippen LogP contribution in [-0.2, 0) is 0 Å². The maximum Gasteiger partial charge on any atom is 0.264 e. The third-order valence-electron chi connectivity index (χ3n) is 3.96. The molecule has 22 heavy (non-hydrogen) atoms. The average molecular weight is 317 g/mol. The molecule has 114 valence electrons. The second kappa shape index (κ2) is 6.01. The summed E-state index contributed by atoms with van der Waals surface area (Å²) in [4.78, 5) is 26.4. The van der Waals surface area contributed by atoms with Gasteiger partial charge in [0.25, 0.3) is 5.91 Å². The van der Waals surface area contributed by atoms with Crippen molar-refractivity contribution in [2.45, 2.75) is 25.8 Å². The zero-order valence-electron chi connectivity index (χ0n) is 12.2. The number of halogens is 1. The topological polar surface area (TPSA) is 37.4 Å². The number of likely N-dealkylation sites (tertiary alicyclic amines) is 1. The van der Waals surface area contributed by atoms with E-state index in [0.29, 0.717) is 17.0 Å². The minimum Gasteiger partial charge on any atom is -0.331 e. The summed E-state index contributed by atoms with van der Waals surface area (Å²) in [5.74, 6) is -0.408. The fraction of sp³-hybridized carbons (Fsp3) is 0.294. The molecule has 1 aliphatic rings. The average Bonchev–Trinajstić information content (AvgIpc) is 3.16. The van der Waals surface area contributed by atoms with Gasteiger partial charge in [-0.25, -0.2) is 4.39 Å². The van der Waals surface area contributed by atoms with Crippen LogP contribution in [0.2, 0.25) is 0 Å². The van der Waals surface area contributed by atoms with E-state index < -0.39 is 0 Å². The third kappa shape index (κ3) is 2.81. The van der Waals surface area contributed by atoms with Crippen LogP contribution >= 0.6 is 11.3 Å². The van der Waals surface area contributed by atoms with Crippen molar-refractivity contribution in [3.05, 3.63) is 57.5 Å². The summed E-state index contributed by atoms with van der Waals surface area (Å²) in [5.41, 5.74) is 1.39. The van der Waals surface area contributed by atoms with E-state index in [1.54, 1.807) is 22.4 Å². The molecule has 1 amide bonds. The molecule has 0 spiro atoms. The molecule has 0 N–H and O–H groups in total. The van der Waals surface area contributed by atoms with E-state index in [4.69, 9.17) is 0 Å². The van der Waals surface area contributed by atoms with Gasteiger partial charge in [0.05, 0.1) is 10.9 Å². The highest BCUT2D eigenvalue weighted by atomic mass is 32.1. The van der Waals surface area contributed by atoms with Crippen molar-refractivity contribution in [2.75, 3.05) is 6.54 Å². The second-order valence-corrected chi connectivity index (χ2v) is 6.38. The molecular formula is C17H16FNO2S. The van der Waals surface area contributed by atoms with Crippen LogP contribution in [0.15, 0.2) is 35.7 Å². The summed E-state index contributed by atoms with van der Waals surface area (Å²) in [6.07, 6.45) is 1.73. The molecule has 1 aromatic heterocycles. The Morgan fingerprint density at radius 1 is 1.32 bits per heavy atom. The van der Waals surface area contributed by atoms with Crippen molar-refractivity contribution in [2.24, 2.45) is 0 Å². The molecule has 1 saturated heterocycles. The molecule has 1 atom stereocenters. The molecule has 1 aromatic carbocycles. The molecule has 2 aromatic rings. The monoisotopic (exact) mass is 317 g/mol. The molecule has 5 heteroatoms. The number of rotatable bonds is 3. The van der Waals surface area contributed by atoms with E-state index in [0.717, 1.165) is 18.4 Å². The Kier molecular flexibility index (Phi) is 4.07. The number of carbonyl (C=O) groups is 2. The van der Waals surface area contributed by atoms with Crippen molar-refractivity contribution in [1.29, 1.82) is 0 Å². The minimum atomic E-state index is -0.285. The number of hydrogen-bond donors (Lipinski definition) is 0. The van der Waals surface area contributed by atoms with E-state index >= 15 is 0 Å². The van der Waals surface area contributed by atoms with Crippen LogP contribution in [0.4, 0.5) is 4.39 Å². The Morgan fingerprint density at radius 2 is 2.14 bits per heavy atom. The summed E-state index contributed by atoms with van der Waals surface area (Å²) in [7, 11) is 0. The zero-order valence-corrected chi connectivity index (χ0v) is 13.0. The van der Waals surface area contributed by atoms with Crippen LogP contribution in [-0.4, -0.2) is 23.1 Å². The predicted molar refractivity (Wildman–Crippen MR) is 83.7 cm³/mol. The first-order valence-electron chi connectivity index (χ1n) is 7.22. The van der Waals surface area contributed by atoms with Crippen LogP contribution < -0.4 is 0 Å². The minimum absolute atomic E-state index is 0.0431. The first kappa shape index (κ1) is 14.9. The molecular weight excluding hydrogens is 301 g/mol. The fourth-order valence-corrected chi connectivity index (χ4v) is 3.75. The maximum atomic E-state index is 13.4. The lowest BCUT2D eigenvalue weighted by molar-refractivity contribution is 0.0740. The van der Waals surface area contributed by atoms with Gasteiger partial charge >= 0.3 is 0 Å². The van der Waals surface area contributed by atoms with Crippen molar-refractivity contribution in [1.82, 2.24) is 4.90 Å². The van der Waals surface area contributed by atoms with Crippen LogP contribution in [0.5, 0.6) is 0 Å². The quantitative estimate of drug-likeness (QED) is 0.800. The molecule has 1 unspecified atom stereocenters. The number of carbonyl (C=O) groups excluding carboxylic acids is 2. The second-order valence-electron chi connectivity index (χ2n) is 5.47. The van der Waals surface area contributed by atoms with Gasteiger partial charge in [0.15, 0.2) is 5.78 Å². The summed E-state index contributed by atoms with van der Waals surface area (Å²) in [6, 6.07) is 7.98. The molecule has 1 fully saturated rings. The van der Waals surface area contributed by atoms with E-state index in [1.807, 2.05) is 6.07 Å². The van der Waals surface area contributed by atoms with Crippen LogP contribution in [0, 0.1) is 5.82 Å². The SMILES string of the molecule is CC(=O)c1csc(C(=O)N2CCCC2c2cccc(F)c2)c1. The highest BCUT2D eigenvalue weighted by molar-refractivity contribution is 7.12. The number of amides is 1. The Hall–Kier alpha value is -2.01. The number of Topliss-reactive ketones (excluding diaryl/α,β-unsaturated/α-hetero) is 1. The van der Waals surface area contributed by atoms with E-state index in [-0.39, 0.29) is 23.5 Å². The van der Waals surface area contributed by atoms with Crippen molar-refractivity contribution < 1.29 is 14.0 Å². The molecule has 0 saturated carbocycles. The van der Waals surface area contributed by atoms with Gasteiger partial charge in [0, 0.05) is 17.5 Å². The molecule has 0 bridgehead atoms. The van der Waals surface area contributed by atoms with Gasteiger partial charge in [-0.15, -0.1) is 11.3 Å². The van der Waals surface area contributed by atoms with Crippen molar-refractivity contribution >= 4 is 23.0 Å². The third-order valence-corrected chi connectivity index (χ3v) is 4.88. The first-order valence-corrected chi connectivity index (χ1v) is 8.10.